The third-order valence-corrected chi connectivity index (χ3v) is 10.0. The summed E-state index contributed by atoms with van der Waals surface area (Å²) in [4.78, 5) is 37.3. The van der Waals surface area contributed by atoms with Crippen LogP contribution in [-0.4, -0.2) is 37.2 Å². The molecule has 0 saturated carbocycles. The summed E-state index contributed by atoms with van der Waals surface area (Å²) in [7, 11) is 0. The molecule has 0 spiro atoms. The van der Waals surface area contributed by atoms with Gasteiger partial charge in [0.1, 0.15) is 13.2 Å². The maximum Gasteiger partial charge on any atom is 0.306 e. The highest BCUT2D eigenvalue weighted by atomic mass is 16.6. The van der Waals surface area contributed by atoms with Crippen LogP contribution in [0, 0.1) is 5.92 Å². The van der Waals surface area contributed by atoms with Gasteiger partial charge in [0.05, 0.1) is 0 Å². The first kappa shape index (κ1) is 49.4. The van der Waals surface area contributed by atoms with Crippen molar-refractivity contribution in [3.63, 3.8) is 0 Å². The summed E-state index contributed by atoms with van der Waals surface area (Å²) in [6.07, 6.45) is 38.4. The van der Waals surface area contributed by atoms with Gasteiger partial charge in [-0.25, -0.2) is 0 Å². The Hall–Kier alpha value is -1.59. The Morgan fingerprint density at radius 1 is 0.373 bits per heavy atom. The van der Waals surface area contributed by atoms with Crippen molar-refractivity contribution in [2.24, 2.45) is 5.92 Å². The molecule has 0 radical (unpaired) electrons. The van der Waals surface area contributed by atoms with E-state index in [2.05, 4.69) is 27.7 Å². The van der Waals surface area contributed by atoms with Gasteiger partial charge in [0, 0.05) is 19.3 Å². The number of rotatable bonds is 40. The molecule has 0 fully saturated rings. The summed E-state index contributed by atoms with van der Waals surface area (Å²) in [5.41, 5.74) is 0. The van der Waals surface area contributed by atoms with Gasteiger partial charge in [-0.1, -0.05) is 207 Å². The summed E-state index contributed by atoms with van der Waals surface area (Å²) in [6.45, 7) is 8.91. The topological polar surface area (TPSA) is 78.9 Å². The molecule has 0 aliphatic heterocycles. The average Bonchev–Trinajstić information content (AvgIpc) is 3.11. The smallest absolute Gasteiger partial charge is 0.306 e. The minimum absolute atomic E-state index is 0.0651. The highest BCUT2D eigenvalue weighted by Crippen LogP contribution is 2.16. The molecule has 0 aliphatic carbocycles. The Morgan fingerprint density at radius 3 is 0.961 bits per heavy atom. The van der Waals surface area contributed by atoms with Crippen molar-refractivity contribution in [3.05, 3.63) is 0 Å². The van der Waals surface area contributed by atoms with E-state index in [1.165, 1.54) is 135 Å². The van der Waals surface area contributed by atoms with Crippen molar-refractivity contribution in [3.8, 4) is 0 Å². The lowest BCUT2D eigenvalue weighted by Gasteiger charge is -2.18. The quantitative estimate of drug-likeness (QED) is 0.0356. The van der Waals surface area contributed by atoms with Crippen molar-refractivity contribution >= 4 is 17.9 Å². The third-order valence-electron chi connectivity index (χ3n) is 10.0. The standard InChI is InChI=1S/C45H86O6/c1-5-7-9-11-12-21-25-29-33-37-44(47)50-40-42(39-49-43(46)36-32-27-10-8-6-2)51-45(48)38-34-30-26-23-20-18-16-14-13-15-17-19-22-24-28-31-35-41(3)4/h41-42H,5-40H2,1-4H3/t42-/m0/s1. The lowest BCUT2D eigenvalue weighted by atomic mass is 10.0. The van der Waals surface area contributed by atoms with E-state index in [9.17, 15) is 14.4 Å². The molecular formula is C45H86O6. The molecule has 0 aliphatic rings. The summed E-state index contributed by atoms with van der Waals surface area (Å²) in [6, 6.07) is 0. The van der Waals surface area contributed by atoms with Gasteiger partial charge in [-0.2, -0.15) is 0 Å². The predicted octanol–water partition coefficient (Wildman–Crippen LogP) is 13.9. The molecule has 1 atom stereocenters. The first-order chi connectivity index (χ1) is 24.9. The third kappa shape index (κ3) is 39.5. The van der Waals surface area contributed by atoms with Crippen LogP contribution < -0.4 is 0 Å². The van der Waals surface area contributed by atoms with Gasteiger partial charge < -0.3 is 14.2 Å². The fraction of sp³-hybridized carbons (Fsp3) is 0.933. The van der Waals surface area contributed by atoms with E-state index < -0.39 is 6.10 Å². The number of unbranched alkanes of at least 4 members (excludes halogenated alkanes) is 27. The minimum Gasteiger partial charge on any atom is -0.462 e. The number of carbonyl (C=O) groups is 3. The molecule has 6 heteroatoms. The molecule has 0 aromatic rings. The molecule has 0 amide bonds. The Balaban J connectivity index is 4.11. The van der Waals surface area contributed by atoms with E-state index in [1.807, 2.05) is 0 Å². The van der Waals surface area contributed by atoms with Crippen LogP contribution in [-0.2, 0) is 28.6 Å². The van der Waals surface area contributed by atoms with Gasteiger partial charge in [0.25, 0.3) is 0 Å². The minimum atomic E-state index is -0.756. The summed E-state index contributed by atoms with van der Waals surface area (Å²) in [5, 5.41) is 0. The monoisotopic (exact) mass is 723 g/mol. The van der Waals surface area contributed by atoms with Crippen molar-refractivity contribution < 1.29 is 28.6 Å². The number of esters is 3. The molecule has 0 saturated heterocycles. The van der Waals surface area contributed by atoms with E-state index in [0.29, 0.717) is 19.3 Å². The Morgan fingerprint density at radius 2 is 0.647 bits per heavy atom. The summed E-state index contributed by atoms with van der Waals surface area (Å²) >= 11 is 0. The van der Waals surface area contributed by atoms with Crippen molar-refractivity contribution in [1.29, 1.82) is 0 Å². The van der Waals surface area contributed by atoms with Gasteiger partial charge in [-0.3, -0.25) is 14.4 Å². The zero-order chi connectivity index (χ0) is 37.5. The maximum atomic E-state index is 12.6. The average molecular weight is 723 g/mol. The second kappa shape index (κ2) is 39.6. The highest BCUT2D eigenvalue weighted by Gasteiger charge is 2.19. The number of carbonyl (C=O) groups excluding carboxylic acids is 3. The molecule has 0 aromatic carbocycles. The van der Waals surface area contributed by atoms with Crippen LogP contribution in [0.2, 0.25) is 0 Å². The van der Waals surface area contributed by atoms with Gasteiger partial charge in [-0.05, 0) is 25.2 Å². The second-order valence-corrected chi connectivity index (χ2v) is 15.8. The first-order valence-electron chi connectivity index (χ1n) is 22.4. The number of ether oxygens (including phenoxy) is 3. The van der Waals surface area contributed by atoms with Gasteiger partial charge in [0.15, 0.2) is 6.10 Å². The molecule has 51 heavy (non-hydrogen) atoms. The molecule has 6 nitrogen and oxygen atoms in total. The summed E-state index contributed by atoms with van der Waals surface area (Å²) < 4.78 is 16.6. The Bertz CT molecular complexity index is 766. The van der Waals surface area contributed by atoms with Crippen molar-refractivity contribution in [2.75, 3.05) is 13.2 Å². The van der Waals surface area contributed by atoms with Crippen molar-refractivity contribution in [1.82, 2.24) is 0 Å². The molecule has 0 rings (SSSR count). The predicted molar refractivity (Wildman–Crippen MR) is 215 cm³/mol. The SMILES string of the molecule is CCCCCCCCCCCC(=O)OC[C@H](COC(=O)CCCCCCC)OC(=O)CCCCCCCCCCCCCCCCCCC(C)C. The fourth-order valence-electron chi connectivity index (χ4n) is 6.63. The van der Waals surface area contributed by atoms with Gasteiger partial charge in [-0.15, -0.1) is 0 Å². The molecule has 0 aromatic heterocycles. The van der Waals surface area contributed by atoms with E-state index in [1.54, 1.807) is 0 Å². The Kier molecular flexibility index (Phi) is 38.4. The molecule has 0 bridgehead atoms. The second-order valence-electron chi connectivity index (χ2n) is 15.8. The van der Waals surface area contributed by atoms with Crippen LogP contribution in [0.25, 0.3) is 0 Å². The lowest BCUT2D eigenvalue weighted by molar-refractivity contribution is -0.167. The molecule has 0 unspecified atom stereocenters. The van der Waals surface area contributed by atoms with E-state index in [4.69, 9.17) is 14.2 Å². The highest BCUT2D eigenvalue weighted by molar-refractivity contribution is 5.71. The van der Waals surface area contributed by atoms with E-state index in [-0.39, 0.29) is 31.1 Å². The fourth-order valence-corrected chi connectivity index (χ4v) is 6.63. The summed E-state index contributed by atoms with van der Waals surface area (Å²) in [5.74, 6) is -0.0200. The van der Waals surface area contributed by atoms with Gasteiger partial charge >= 0.3 is 17.9 Å². The van der Waals surface area contributed by atoms with E-state index >= 15 is 0 Å². The molecule has 0 heterocycles. The normalized spacial score (nSPS) is 11.9. The van der Waals surface area contributed by atoms with E-state index in [0.717, 1.165) is 70.1 Å². The molecule has 302 valence electrons. The zero-order valence-electron chi connectivity index (χ0n) is 34.6. The van der Waals surface area contributed by atoms with Crippen LogP contribution in [0.1, 0.15) is 246 Å². The largest absolute Gasteiger partial charge is 0.462 e. The van der Waals surface area contributed by atoms with Crippen LogP contribution >= 0.6 is 0 Å². The first-order valence-corrected chi connectivity index (χ1v) is 22.4. The van der Waals surface area contributed by atoms with Crippen LogP contribution in [0.15, 0.2) is 0 Å². The van der Waals surface area contributed by atoms with Crippen molar-refractivity contribution in [2.45, 2.75) is 252 Å². The van der Waals surface area contributed by atoms with Gasteiger partial charge in [0.2, 0.25) is 0 Å². The maximum absolute atomic E-state index is 12.6. The Labute approximate surface area is 317 Å². The molecular weight excluding hydrogens is 636 g/mol. The molecule has 0 N–H and O–H groups in total. The van der Waals surface area contributed by atoms with Crippen LogP contribution in [0.4, 0.5) is 0 Å². The van der Waals surface area contributed by atoms with Crippen LogP contribution in [0.5, 0.6) is 0 Å². The number of hydrogen-bond donors (Lipinski definition) is 0. The lowest BCUT2D eigenvalue weighted by Crippen LogP contribution is -2.30. The van der Waals surface area contributed by atoms with Crippen LogP contribution in [0.3, 0.4) is 0 Å². The number of hydrogen-bond acceptors (Lipinski definition) is 6. The zero-order valence-corrected chi connectivity index (χ0v) is 34.6.